The predicted molar refractivity (Wildman–Crippen MR) is 43.0 cm³/mol. The van der Waals surface area contributed by atoms with Crippen LogP contribution in [0.1, 0.15) is 15.9 Å². The summed E-state index contributed by atoms with van der Waals surface area (Å²) >= 11 is 0. The topological polar surface area (TPSA) is 66.7 Å². The second-order valence-corrected chi connectivity index (χ2v) is 2.40. The quantitative estimate of drug-likeness (QED) is 0.642. The van der Waals surface area contributed by atoms with Gasteiger partial charge in [-0.25, -0.2) is 0 Å². The summed E-state index contributed by atoms with van der Waals surface area (Å²) in [5, 5.41) is 11.4. The van der Waals surface area contributed by atoms with Crippen LogP contribution in [-0.2, 0) is 0 Å². The van der Waals surface area contributed by atoms with Crippen LogP contribution in [0.15, 0.2) is 23.4 Å². The molecule has 0 saturated heterocycles. The molecule has 62 valence electrons. The zero-order valence-electron chi connectivity index (χ0n) is 6.44. The van der Waals surface area contributed by atoms with Crippen molar-refractivity contribution in [1.82, 2.24) is 0 Å². The molecule has 1 amide bonds. The number of phenols is 1. The second kappa shape index (κ2) is 3.13. The van der Waals surface area contributed by atoms with Crippen molar-refractivity contribution in [1.29, 1.82) is 0 Å². The molecule has 4 nitrogen and oxygen atoms in total. The lowest BCUT2D eigenvalue weighted by atomic mass is 10.1. The Morgan fingerprint density at radius 3 is 2.67 bits per heavy atom. The molecular formula is C8H7NO3. The molecule has 1 aromatic carbocycles. The molecule has 0 radical (unpaired) electrons. The molecule has 0 atom stereocenters. The van der Waals surface area contributed by atoms with E-state index >= 15 is 0 Å². The first kappa shape index (κ1) is 8.39. The van der Waals surface area contributed by atoms with E-state index in [1.54, 1.807) is 13.0 Å². The van der Waals surface area contributed by atoms with Crippen LogP contribution >= 0.6 is 0 Å². The van der Waals surface area contributed by atoms with E-state index < -0.39 is 5.91 Å². The van der Waals surface area contributed by atoms with Crippen LogP contribution in [0.3, 0.4) is 0 Å². The normalized spacial score (nSPS) is 9.42. The van der Waals surface area contributed by atoms with Crippen molar-refractivity contribution >= 4 is 5.91 Å². The molecular weight excluding hydrogens is 158 g/mol. The smallest absolute Gasteiger partial charge is 0.316 e. The highest BCUT2D eigenvalue weighted by Gasteiger charge is 2.06. The number of nitrogens with zero attached hydrogens (tertiary/aromatic N) is 1. The predicted octanol–water partition coefficient (Wildman–Crippen LogP) is 1.61. The number of hydrogen-bond acceptors (Lipinski definition) is 3. The molecule has 0 spiro atoms. The van der Waals surface area contributed by atoms with Crippen molar-refractivity contribution in [3.8, 4) is 5.75 Å². The highest BCUT2D eigenvalue weighted by Crippen LogP contribution is 2.17. The summed E-state index contributed by atoms with van der Waals surface area (Å²) in [4.78, 5) is 20.5. The fourth-order valence-corrected chi connectivity index (χ4v) is 0.795. The average molecular weight is 165 g/mol. The van der Waals surface area contributed by atoms with Crippen LogP contribution in [-0.4, -0.2) is 11.0 Å². The number of amides is 1. The van der Waals surface area contributed by atoms with Crippen molar-refractivity contribution < 1.29 is 9.90 Å². The van der Waals surface area contributed by atoms with E-state index in [1.165, 1.54) is 12.1 Å². The summed E-state index contributed by atoms with van der Waals surface area (Å²) in [6.07, 6.45) is 0. The van der Waals surface area contributed by atoms with Crippen LogP contribution in [0.25, 0.3) is 0 Å². The summed E-state index contributed by atoms with van der Waals surface area (Å²) in [5.41, 5.74) is 0.755. The van der Waals surface area contributed by atoms with Crippen LogP contribution in [0.2, 0.25) is 0 Å². The Morgan fingerprint density at radius 1 is 1.50 bits per heavy atom. The molecule has 0 bridgehead atoms. The van der Waals surface area contributed by atoms with Crippen molar-refractivity contribution in [2.45, 2.75) is 6.92 Å². The van der Waals surface area contributed by atoms with E-state index in [0.29, 0.717) is 5.56 Å². The molecule has 4 heteroatoms. The Labute approximate surface area is 68.8 Å². The summed E-state index contributed by atoms with van der Waals surface area (Å²) in [6, 6.07) is 4.21. The Balaban J connectivity index is 3.13. The highest BCUT2D eigenvalue weighted by atomic mass is 16.3. The molecule has 0 saturated carbocycles. The number of hydrogen-bond donors (Lipinski definition) is 1. The summed E-state index contributed by atoms with van der Waals surface area (Å²) in [6.45, 7) is 1.69. The molecule has 0 aliphatic carbocycles. The Bertz CT molecular complexity index is 333. The largest absolute Gasteiger partial charge is 0.508 e. The van der Waals surface area contributed by atoms with Gasteiger partial charge in [-0.3, -0.25) is 4.79 Å². The first-order valence-corrected chi connectivity index (χ1v) is 3.32. The summed E-state index contributed by atoms with van der Waals surface area (Å²) < 4.78 is 0. The van der Waals surface area contributed by atoms with Crippen molar-refractivity contribution in [2.75, 3.05) is 0 Å². The number of carbonyl (C=O) groups excluding carboxylic acids is 1. The van der Waals surface area contributed by atoms with Crippen molar-refractivity contribution in [2.24, 2.45) is 5.18 Å². The number of aromatic hydroxyl groups is 1. The molecule has 0 aliphatic heterocycles. The Hall–Kier alpha value is -1.71. The van der Waals surface area contributed by atoms with Gasteiger partial charge in [0.15, 0.2) is 0 Å². The van der Waals surface area contributed by atoms with E-state index in [9.17, 15) is 9.70 Å². The van der Waals surface area contributed by atoms with E-state index in [2.05, 4.69) is 5.18 Å². The molecule has 1 N–H and O–H groups in total. The van der Waals surface area contributed by atoms with Gasteiger partial charge in [0.05, 0.1) is 0 Å². The average Bonchev–Trinajstić information content (AvgIpc) is 2.08. The van der Waals surface area contributed by atoms with Crippen LogP contribution < -0.4 is 0 Å². The lowest BCUT2D eigenvalue weighted by molar-refractivity contribution is 0.100. The van der Waals surface area contributed by atoms with Crippen LogP contribution in [0.5, 0.6) is 5.75 Å². The number of aryl methyl sites for hydroxylation is 1. The summed E-state index contributed by atoms with van der Waals surface area (Å²) in [5.74, 6) is -0.880. The van der Waals surface area contributed by atoms with E-state index in [4.69, 9.17) is 5.11 Å². The van der Waals surface area contributed by atoms with Gasteiger partial charge < -0.3 is 5.11 Å². The molecule has 0 fully saturated rings. The van der Waals surface area contributed by atoms with Gasteiger partial charge in [0, 0.05) is 10.7 Å². The molecule has 0 aromatic heterocycles. The maximum Gasteiger partial charge on any atom is 0.316 e. The third-order valence-corrected chi connectivity index (χ3v) is 1.54. The first-order chi connectivity index (χ1) is 5.65. The van der Waals surface area contributed by atoms with Crippen molar-refractivity contribution in [3.05, 3.63) is 34.2 Å². The molecule has 1 aromatic rings. The van der Waals surface area contributed by atoms with Crippen molar-refractivity contribution in [3.63, 3.8) is 0 Å². The second-order valence-electron chi connectivity index (χ2n) is 2.40. The number of phenolic OH excluding ortho intramolecular Hbond substituents is 1. The minimum atomic E-state index is -0.870. The monoisotopic (exact) mass is 165 g/mol. The van der Waals surface area contributed by atoms with Gasteiger partial charge in [-0.2, -0.15) is 0 Å². The lowest BCUT2D eigenvalue weighted by Gasteiger charge is -1.98. The maximum absolute atomic E-state index is 10.7. The molecule has 0 unspecified atom stereocenters. The van der Waals surface area contributed by atoms with E-state index in [-0.39, 0.29) is 11.3 Å². The third-order valence-electron chi connectivity index (χ3n) is 1.54. The molecule has 12 heavy (non-hydrogen) atoms. The minimum Gasteiger partial charge on any atom is -0.508 e. The van der Waals surface area contributed by atoms with Gasteiger partial charge in [0.2, 0.25) is 0 Å². The molecule has 1 rings (SSSR count). The SMILES string of the molecule is Cc1ccc(C(=O)N=O)cc1O. The summed E-state index contributed by atoms with van der Waals surface area (Å²) in [7, 11) is 0. The number of benzene rings is 1. The fraction of sp³-hybridized carbons (Fsp3) is 0.125. The number of nitroso groups, excluding NO2 is 1. The van der Waals surface area contributed by atoms with Gasteiger partial charge in [-0.1, -0.05) is 6.07 Å². The first-order valence-electron chi connectivity index (χ1n) is 3.32. The van der Waals surface area contributed by atoms with Gasteiger partial charge in [-0.05, 0) is 24.6 Å². The fourth-order valence-electron chi connectivity index (χ4n) is 0.795. The molecule has 0 heterocycles. The van der Waals surface area contributed by atoms with Gasteiger partial charge in [0.25, 0.3) is 0 Å². The Kier molecular flexibility index (Phi) is 2.19. The molecule has 0 aliphatic rings. The van der Waals surface area contributed by atoms with Gasteiger partial charge >= 0.3 is 5.91 Å². The van der Waals surface area contributed by atoms with E-state index in [1.807, 2.05) is 0 Å². The third kappa shape index (κ3) is 1.47. The minimum absolute atomic E-state index is 0.00972. The number of carbonyl (C=O) groups is 1. The Morgan fingerprint density at radius 2 is 2.17 bits per heavy atom. The zero-order chi connectivity index (χ0) is 9.14. The van der Waals surface area contributed by atoms with E-state index in [0.717, 1.165) is 0 Å². The maximum atomic E-state index is 10.7. The van der Waals surface area contributed by atoms with Crippen LogP contribution in [0, 0.1) is 11.8 Å². The standard InChI is InChI=1S/C8H7NO3/c1-5-2-3-6(4-7(5)10)8(11)9-12/h2-4,10H,1H3. The zero-order valence-corrected chi connectivity index (χ0v) is 6.44. The van der Waals surface area contributed by atoms with Crippen LogP contribution in [0.4, 0.5) is 0 Å². The highest BCUT2D eigenvalue weighted by molar-refractivity contribution is 5.95. The van der Waals surface area contributed by atoms with Gasteiger partial charge in [0.1, 0.15) is 5.75 Å². The lowest BCUT2D eigenvalue weighted by Crippen LogP contribution is -1.92. The van der Waals surface area contributed by atoms with Gasteiger partial charge in [-0.15, -0.1) is 4.91 Å². The number of rotatable bonds is 1.